The van der Waals surface area contributed by atoms with Crippen LogP contribution in [0.15, 0.2) is 54.6 Å². The molecule has 0 bridgehead atoms. The first kappa shape index (κ1) is 19.9. The summed E-state index contributed by atoms with van der Waals surface area (Å²) in [4.78, 5) is 36.7. The van der Waals surface area contributed by atoms with Crippen molar-refractivity contribution < 1.29 is 19.1 Å². The lowest BCUT2D eigenvalue weighted by Crippen LogP contribution is -2.44. The lowest BCUT2D eigenvalue weighted by atomic mass is 9.79. The molecule has 0 aromatic heterocycles. The van der Waals surface area contributed by atoms with E-state index in [4.69, 9.17) is 16.3 Å². The van der Waals surface area contributed by atoms with Crippen LogP contribution < -0.4 is 10.9 Å². The number of hydrogen-bond donors (Lipinski definition) is 2. The first-order valence-electron chi connectivity index (χ1n) is 9.09. The number of esters is 1. The summed E-state index contributed by atoms with van der Waals surface area (Å²) in [5, 5.41) is 0.506. The lowest BCUT2D eigenvalue weighted by Gasteiger charge is -2.27. The Morgan fingerprint density at radius 3 is 2.21 bits per heavy atom. The molecular formula is C21H21ClN2O4. The van der Waals surface area contributed by atoms with E-state index in [1.165, 1.54) is 12.1 Å². The maximum absolute atomic E-state index is 12.8. The van der Waals surface area contributed by atoms with Crippen LogP contribution in [-0.4, -0.2) is 24.4 Å². The van der Waals surface area contributed by atoms with Crippen LogP contribution in [0.5, 0.6) is 0 Å². The van der Waals surface area contributed by atoms with E-state index in [1.807, 2.05) is 30.3 Å². The van der Waals surface area contributed by atoms with Crippen molar-refractivity contribution in [2.24, 2.45) is 0 Å². The second-order valence-corrected chi connectivity index (χ2v) is 7.18. The molecule has 1 saturated carbocycles. The molecule has 0 heterocycles. The van der Waals surface area contributed by atoms with Crippen molar-refractivity contribution in [1.29, 1.82) is 0 Å². The van der Waals surface area contributed by atoms with Crippen LogP contribution >= 0.6 is 11.6 Å². The Kier molecular flexibility index (Phi) is 6.31. The highest BCUT2D eigenvalue weighted by atomic mass is 35.5. The highest BCUT2D eigenvalue weighted by molar-refractivity contribution is 6.30. The summed E-state index contributed by atoms with van der Waals surface area (Å²) >= 11 is 5.77. The number of carbonyl (C=O) groups is 3. The summed E-state index contributed by atoms with van der Waals surface area (Å²) in [5.74, 6) is -1.51. The van der Waals surface area contributed by atoms with Gasteiger partial charge in [-0.05, 0) is 42.7 Å². The van der Waals surface area contributed by atoms with E-state index in [-0.39, 0.29) is 0 Å². The molecule has 6 nitrogen and oxygen atoms in total. The minimum Gasteiger partial charge on any atom is -0.455 e. The maximum atomic E-state index is 12.8. The zero-order valence-corrected chi connectivity index (χ0v) is 16.0. The van der Waals surface area contributed by atoms with E-state index in [0.29, 0.717) is 23.4 Å². The summed E-state index contributed by atoms with van der Waals surface area (Å²) in [7, 11) is 0. The third kappa shape index (κ3) is 4.51. The molecule has 146 valence electrons. The zero-order valence-electron chi connectivity index (χ0n) is 15.2. The number of benzene rings is 2. The predicted octanol–water partition coefficient (Wildman–Crippen LogP) is 3.16. The average Bonchev–Trinajstić information content (AvgIpc) is 3.22. The van der Waals surface area contributed by atoms with Gasteiger partial charge in [-0.2, -0.15) is 0 Å². The molecule has 28 heavy (non-hydrogen) atoms. The SMILES string of the molecule is O=C(COC(=O)C1(c2ccccc2)CCCC1)NNC(=O)c1ccc(Cl)cc1. The minimum atomic E-state index is -0.700. The molecule has 2 amide bonds. The lowest BCUT2D eigenvalue weighted by molar-refractivity contribution is -0.154. The number of amides is 2. The third-order valence-corrected chi connectivity index (χ3v) is 5.18. The Labute approximate surface area is 168 Å². The Hall–Kier alpha value is -2.86. The van der Waals surface area contributed by atoms with Crippen molar-refractivity contribution in [3.05, 3.63) is 70.7 Å². The van der Waals surface area contributed by atoms with Gasteiger partial charge >= 0.3 is 5.97 Å². The molecule has 2 aromatic carbocycles. The van der Waals surface area contributed by atoms with Crippen molar-refractivity contribution in [3.63, 3.8) is 0 Å². The molecule has 0 spiro atoms. The van der Waals surface area contributed by atoms with Gasteiger partial charge in [-0.25, -0.2) is 0 Å². The molecule has 1 aliphatic rings. The zero-order chi connectivity index (χ0) is 20.0. The summed E-state index contributed by atoms with van der Waals surface area (Å²) < 4.78 is 5.28. The van der Waals surface area contributed by atoms with Gasteiger partial charge in [0.2, 0.25) is 0 Å². The molecule has 1 fully saturated rings. The van der Waals surface area contributed by atoms with Crippen molar-refractivity contribution in [2.45, 2.75) is 31.1 Å². The van der Waals surface area contributed by atoms with Crippen LogP contribution in [0.1, 0.15) is 41.6 Å². The van der Waals surface area contributed by atoms with E-state index in [2.05, 4.69) is 10.9 Å². The number of nitrogens with one attached hydrogen (secondary N) is 2. The molecule has 2 N–H and O–H groups in total. The second-order valence-electron chi connectivity index (χ2n) is 6.74. The molecule has 0 unspecified atom stereocenters. The van der Waals surface area contributed by atoms with Gasteiger partial charge in [0.25, 0.3) is 11.8 Å². The largest absolute Gasteiger partial charge is 0.455 e. The molecule has 3 rings (SSSR count). The van der Waals surface area contributed by atoms with Crippen LogP contribution in [0.25, 0.3) is 0 Å². The van der Waals surface area contributed by atoms with Crippen LogP contribution in [0.4, 0.5) is 0 Å². The number of rotatable bonds is 5. The standard InChI is InChI=1S/C21H21ClN2O4/c22-17-10-8-15(9-11-17)19(26)24-23-18(25)14-28-20(27)21(12-4-5-13-21)16-6-2-1-3-7-16/h1-3,6-11H,4-5,12-14H2,(H,23,25)(H,24,26). The Morgan fingerprint density at radius 1 is 0.929 bits per heavy atom. The highest BCUT2D eigenvalue weighted by Crippen LogP contribution is 2.42. The number of halogens is 1. The molecule has 0 radical (unpaired) electrons. The first-order chi connectivity index (χ1) is 13.5. The smallest absolute Gasteiger partial charge is 0.317 e. The Balaban J connectivity index is 1.53. The number of hydrazine groups is 1. The van der Waals surface area contributed by atoms with Crippen LogP contribution in [-0.2, 0) is 19.7 Å². The normalized spacial score (nSPS) is 14.9. The third-order valence-electron chi connectivity index (χ3n) is 4.93. The van der Waals surface area contributed by atoms with Gasteiger partial charge in [-0.1, -0.05) is 54.8 Å². The van der Waals surface area contributed by atoms with Crippen LogP contribution in [0, 0.1) is 0 Å². The van der Waals surface area contributed by atoms with Crippen molar-refractivity contribution in [1.82, 2.24) is 10.9 Å². The molecular weight excluding hydrogens is 380 g/mol. The Morgan fingerprint density at radius 2 is 1.57 bits per heavy atom. The van der Waals surface area contributed by atoms with E-state index >= 15 is 0 Å². The predicted molar refractivity (Wildman–Crippen MR) is 105 cm³/mol. The summed E-state index contributed by atoms with van der Waals surface area (Å²) in [6.07, 6.45) is 3.27. The van der Waals surface area contributed by atoms with E-state index < -0.39 is 29.8 Å². The topological polar surface area (TPSA) is 84.5 Å². The molecule has 0 saturated heterocycles. The monoisotopic (exact) mass is 400 g/mol. The number of hydrogen-bond acceptors (Lipinski definition) is 4. The molecule has 2 aromatic rings. The van der Waals surface area contributed by atoms with Gasteiger partial charge in [0.05, 0.1) is 5.41 Å². The van der Waals surface area contributed by atoms with Gasteiger partial charge in [0.1, 0.15) is 0 Å². The minimum absolute atomic E-state index is 0.343. The highest BCUT2D eigenvalue weighted by Gasteiger charge is 2.44. The Bertz CT molecular complexity index is 846. The number of ether oxygens (including phenoxy) is 1. The average molecular weight is 401 g/mol. The summed E-state index contributed by atoms with van der Waals surface area (Å²) in [6.45, 7) is -0.464. The summed E-state index contributed by atoms with van der Waals surface area (Å²) in [5.41, 5.74) is 5.08. The van der Waals surface area contributed by atoms with Crippen molar-refractivity contribution in [2.75, 3.05) is 6.61 Å². The van der Waals surface area contributed by atoms with Crippen molar-refractivity contribution in [3.8, 4) is 0 Å². The fourth-order valence-corrected chi connectivity index (χ4v) is 3.58. The second kappa shape index (κ2) is 8.89. The van der Waals surface area contributed by atoms with Gasteiger partial charge in [-0.3, -0.25) is 25.2 Å². The van der Waals surface area contributed by atoms with Crippen LogP contribution in [0.3, 0.4) is 0 Å². The van der Waals surface area contributed by atoms with Crippen molar-refractivity contribution >= 4 is 29.4 Å². The molecule has 0 atom stereocenters. The van der Waals surface area contributed by atoms with Gasteiger partial charge in [0.15, 0.2) is 6.61 Å². The van der Waals surface area contributed by atoms with Gasteiger partial charge in [0, 0.05) is 10.6 Å². The quantitative estimate of drug-likeness (QED) is 0.596. The fourth-order valence-electron chi connectivity index (χ4n) is 3.45. The fraction of sp³-hybridized carbons (Fsp3) is 0.286. The molecule has 1 aliphatic carbocycles. The summed E-state index contributed by atoms with van der Waals surface area (Å²) in [6, 6.07) is 15.7. The molecule has 0 aliphatic heterocycles. The molecule has 7 heteroatoms. The van der Waals surface area contributed by atoms with E-state index in [1.54, 1.807) is 12.1 Å². The van der Waals surface area contributed by atoms with Crippen LogP contribution in [0.2, 0.25) is 5.02 Å². The number of carbonyl (C=O) groups excluding carboxylic acids is 3. The van der Waals surface area contributed by atoms with Gasteiger partial charge < -0.3 is 4.74 Å². The van der Waals surface area contributed by atoms with Gasteiger partial charge in [-0.15, -0.1) is 0 Å². The van der Waals surface area contributed by atoms with E-state index in [9.17, 15) is 14.4 Å². The maximum Gasteiger partial charge on any atom is 0.317 e. The van der Waals surface area contributed by atoms with E-state index in [0.717, 1.165) is 18.4 Å². The first-order valence-corrected chi connectivity index (χ1v) is 9.46.